The van der Waals surface area contributed by atoms with Gasteiger partial charge < -0.3 is 5.32 Å². The van der Waals surface area contributed by atoms with Crippen molar-refractivity contribution in [3.8, 4) is 0 Å². The van der Waals surface area contributed by atoms with Crippen molar-refractivity contribution in [1.82, 2.24) is 5.32 Å². The molecule has 19 heavy (non-hydrogen) atoms. The first-order valence-corrected chi connectivity index (χ1v) is 6.76. The van der Waals surface area contributed by atoms with E-state index in [1.54, 1.807) is 0 Å². The second-order valence-corrected chi connectivity index (χ2v) is 5.25. The fourth-order valence-electron chi connectivity index (χ4n) is 2.83. The van der Waals surface area contributed by atoms with Gasteiger partial charge in [-0.15, -0.1) is 0 Å². The average Bonchev–Trinajstić information content (AvgIpc) is 2.86. The molecule has 0 amide bonds. The molecule has 2 rings (SSSR count). The maximum absolute atomic E-state index is 14.0. The van der Waals surface area contributed by atoms with Crippen molar-refractivity contribution in [2.75, 3.05) is 6.54 Å². The molecular weight excluding hydrogens is 248 g/mol. The minimum atomic E-state index is -1.02. The Kier molecular flexibility index (Phi) is 3.99. The normalized spacial score (nSPS) is 22.7. The van der Waals surface area contributed by atoms with Crippen LogP contribution in [0.15, 0.2) is 12.1 Å². The van der Waals surface area contributed by atoms with Gasteiger partial charge in [-0.3, -0.25) is 4.79 Å². The Hall–Kier alpha value is -1.29. The number of benzene rings is 1. The van der Waals surface area contributed by atoms with Crippen LogP contribution in [0.2, 0.25) is 0 Å². The van der Waals surface area contributed by atoms with Gasteiger partial charge in [0.2, 0.25) is 0 Å². The van der Waals surface area contributed by atoms with E-state index in [1.807, 2.05) is 6.92 Å². The molecule has 1 unspecified atom stereocenters. The number of aryl methyl sites for hydroxylation is 1. The lowest BCUT2D eigenvalue weighted by Crippen LogP contribution is -2.47. The summed E-state index contributed by atoms with van der Waals surface area (Å²) < 4.78 is 27.6. The van der Waals surface area contributed by atoms with Crippen LogP contribution in [0.3, 0.4) is 0 Å². The van der Waals surface area contributed by atoms with Gasteiger partial charge in [0.05, 0.1) is 11.1 Å². The van der Waals surface area contributed by atoms with Crippen LogP contribution in [0.4, 0.5) is 8.78 Å². The zero-order valence-corrected chi connectivity index (χ0v) is 11.4. The number of ketones is 1. The number of Topliss-reactive ketones (excluding diaryl/α,β-unsaturated/α-hetero) is 1. The molecule has 1 atom stereocenters. The quantitative estimate of drug-likeness (QED) is 0.847. The molecule has 2 nitrogen and oxygen atoms in total. The number of rotatable bonds is 4. The molecule has 104 valence electrons. The maximum Gasteiger partial charge on any atom is 0.185 e. The van der Waals surface area contributed by atoms with Crippen molar-refractivity contribution >= 4 is 5.78 Å². The van der Waals surface area contributed by atoms with Crippen molar-refractivity contribution in [2.45, 2.75) is 45.1 Å². The van der Waals surface area contributed by atoms with Crippen LogP contribution in [0.5, 0.6) is 0 Å². The molecule has 1 heterocycles. The molecule has 1 aliphatic heterocycles. The first-order valence-electron chi connectivity index (χ1n) is 6.76. The van der Waals surface area contributed by atoms with Crippen LogP contribution >= 0.6 is 0 Å². The van der Waals surface area contributed by atoms with E-state index in [0.29, 0.717) is 12.8 Å². The molecular formula is C15H19F2NO. The zero-order chi connectivity index (χ0) is 14.0. The highest BCUT2D eigenvalue weighted by Crippen LogP contribution is 2.30. The van der Waals surface area contributed by atoms with Gasteiger partial charge >= 0.3 is 0 Å². The van der Waals surface area contributed by atoms with Crippen LogP contribution in [0.1, 0.15) is 48.5 Å². The lowest BCUT2D eigenvalue weighted by molar-refractivity contribution is 0.0852. The first kappa shape index (κ1) is 14.1. The monoisotopic (exact) mass is 267 g/mol. The lowest BCUT2D eigenvalue weighted by Gasteiger charge is -2.28. The van der Waals surface area contributed by atoms with Crippen molar-refractivity contribution in [1.29, 1.82) is 0 Å². The van der Waals surface area contributed by atoms with E-state index >= 15 is 0 Å². The van der Waals surface area contributed by atoms with Gasteiger partial charge in [-0.2, -0.15) is 0 Å². The summed E-state index contributed by atoms with van der Waals surface area (Å²) in [6.45, 7) is 4.23. The molecule has 0 radical (unpaired) electrons. The molecule has 1 fully saturated rings. The van der Waals surface area contributed by atoms with Crippen LogP contribution in [0.25, 0.3) is 0 Å². The Morgan fingerprint density at radius 3 is 2.68 bits per heavy atom. The summed E-state index contributed by atoms with van der Waals surface area (Å²) in [5.74, 6) is -2.26. The van der Waals surface area contributed by atoms with E-state index in [-0.39, 0.29) is 16.9 Å². The first-order chi connectivity index (χ1) is 9.02. The van der Waals surface area contributed by atoms with Gasteiger partial charge in [0.15, 0.2) is 17.4 Å². The number of carbonyl (C=O) groups excluding carboxylic acids is 1. The van der Waals surface area contributed by atoms with E-state index in [1.165, 1.54) is 19.1 Å². The number of carbonyl (C=O) groups is 1. The highest BCUT2D eigenvalue weighted by atomic mass is 19.2. The maximum atomic E-state index is 14.0. The van der Waals surface area contributed by atoms with Gasteiger partial charge in [0.1, 0.15) is 0 Å². The molecule has 1 aromatic rings. The Morgan fingerprint density at radius 2 is 2.11 bits per heavy atom. The summed E-state index contributed by atoms with van der Waals surface area (Å²) in [6, 6.07) is 2.85. The molecule has 0 saturated carbocycles. The standard InChI is InChI=1S/C15H19F2NO/c1-3-7-15(8-4-9-18-15)14(19)11-6-5-10(2)12(16)13(11)17/h5-6,18H,3-4,7-9H2,1-2H3. The van der Waals surface area contributed by atoms with Crippen molar-refractivity contribution in [3.05, 3.63) is 34.9 Å². The summed E-state index contributed by atoms with van der Waals surface area (Å²) in [4.78, 5) is 12.6. The summed E-state index contributed by atoms with van der Waals surface area (Å²) in [5.41, 5.74) is -0.624. The highest BCUT2D eigenvalue weighted by Gasteiger charge is 2.41. The van der Waals surface area contributed by atoms with Crippen LogP contribution in [-0.4, -0.2) is 17.9 Å². The van der Waals surface area contributed by atoms with Crippen LogP contribution < -0.4 is 5.32 Å². The van der Waals surface area contributed by atoms with E-state index in [2.05, 4.69) is 5.32 Å². The Balaban J connectivity index is 2.40. The number of hydrogen-bond donors (Lipinski definition) is 1. The van der Waals surface area contributed by atoms with E-state index in [4.69, 9.17) is 0 Å². The Labute approximate surface area is 112 Å². The third-order valence-corrected chi connectivity index (χ3v) is 3.88. The summed E-state index contributed by atoms with van der Waals surface area (Å²) in [5, 5.41) is 3.19. The predicted octanol–water partition coefficient (Wildman–Crippen LogP) is 3.38. The van der Waals surface area contributed by atoms with Crippen molar-refractivity contribution in [2.24, 2.45) is 0 Å². The highest BCUT2D eigenvalue weighted by molar-refractivity contribution is 6.03. The zero-order valence-electron chi connectivity index (χ0n) is 11.4. The molecule has 1 N–H and O–H groups in total. The second kappa shape index (κ2) is 5.37. The van der Waals surface area contributed by atoms with Gasteiger partial charge in [-0.05, 0) is 44.4 Å². The summed E-state index contributed by atoms with van der Waals surface area (Å²) in [7, 11) is 0. The number of hydrogen-bond acceptors (Lipinski definition) is 2. The molecule has 0 spiro atoms. The average molecular weight is 267 g/mol. The SMILES string of the molecule is CCCC1(C(=O)c2ccc(C)c(F)c2F)CCCN1. The smallest absolute Gasteiger partial charge is 0.185 e. The number of halogens is 2. The van der Waals surface area contributed by atoms with Gasteiger partial charge in [0.25, 0.3) is 0 Å². The minimum absolute atomic E-state index is 0.133. The molecule has 1 aromatic carbocycles. The molecule has 0 aliphatic carbocycles. The van der Waals surface area contributed by atoms with Gasteiger partial charge in [-0.1, -0.05) is 19.4 Å². The topological polar surface area (TPSA) is 29.1 Å². The molecule has 1 saturated heterocycles. The van der Waals surface area contributed by atoms with E-state index < -0.39 is 17.2 Å². The third-order valence-electron chi connectivity index (χ3n) is 3.88. The molecule has 0 bridgehead atoms. The van der Waals surface area contributed by atoms with E-state index in [9.17, 15) is 13.6 Å². The second-order valence-electron chi connectivity index (χ2n) is 5.25. The van der Waals surface area contributed by atoms with Crippen LogP contribution in [-0.2, 0) is 0 Å². The molecule has 0 aromatic heterocycles. The molecule has 1 aliphatic rings. The van der Waals surface area contributed by atoms with Crippen molar-refractivity contribution in [3.63, 3.8) is 0 Å². The Bertz CT molecular complexity index is 493. The summed E-state index contributed by atoms with van der Waals surface area (Å²) in [6.07, 6.45) is 3.06. The third kappa shape index (κ3) is 2.41. The Morgan fingerprint density at radius 1 is 1.37 bits per heavy atom. The number of nitrogens with one attached hydrogen (secondary N) is 1. The predicted molar refractivity (Wildman–Crippen MR) is 70.3 cm³/mol. The largest absolute Gasteiger partial charge is 0.305 e. The minimum Gasteiger partial charge on any atom is -0.305 e. The molecule has 4 heteroatoms. The summed E-state index contributed by atoms with van der Waals surface area (Å²) >= 11 is 0. The fraction of sp³-hybridized carbons (Fsp3) is 0.533. The fourth-order valence-corrected chi connectivity index (χ4v) is 2.83. The van der Waals surface area contributed by atoms with Gasteiger partial charge in [0, 0.05) is 0 Å². The lowest BCUT2D eigenvalue weighted by atomic mass is 9.83. The van der Waals surface area contributed by atoms with Crippen molar-refractivity contribution < 1.29 is 13.6 Å². The van der Waals surface area contributed by atoms with E-state index in [0.717, 1.165) is 19.4 Å². The van der Waals surface area contributed by atoms with Gasteiger partial charge in [-0.25, -0.2) is 8.78 Å². The van der Waals surface area contributed by atoms with Crippen LogP contribution in [0, 0.1) is 18.6 Å².